The molecule has 7 heteroatoms. The first-order chi connectivity index (χ1) is 13.0. The van der Waals surface area contributed by atoms with E-state index in [1.807, 2.05) is 36.4 Å². The minimum atomic E-state index is -0.546. The summed E-state index contributed by atoms with van der Waals surface area (Å²) >= 11 is 0. The first-order valence-corrected chi connectivity index (χ1v) is 8.09. The minimum absolute atomic E-state index is 0.0158. The maximum atomic E-state index is 12.2. The van der Waals surface area contributed by atoms with Gasteiger partial charge in [-0.25, -0.2) is 4.98 Å². The predicted octanol–water partition coefficient (Wildman–Crippen LogP) is 4.04. The summed E-state index contributed by atoms with van der Waals surface area (Å²) in [6.45, 7) is 0. The molecule has 0 spiro atoms. The number of aliphatic hydroxyl groups excluding tert-OH is 1. The topological polar surface area (TPSA) is 109 Å². The lowest BCUT2D eigenvalue weighted by Crippen LogP contribution is -2.12. The van der Waals surface area contributed by atoms with Gasteiger partial charge in [0.25, 0.3) is 11.2 Å². The summed E-state index contributed by atoms with van der Waals surface area (Å²) in [5.74, 6) is -0.0972. The molecule has 7 nitrogen and oxygen atoms in total. The third-order valence-electron chi connectivity index (χ3n) is 4.23. The first kappa shape index (κ1) is 16.5. The summed E-state index contributed by atoms with van der Waals surface area (Å²) in [5.41, 5.74) is 0.535. The third kappa shape index (κ3) is 3.13. The van der Waals surface area contributed by atoms with Gasteiger partial charge < -0.3 is 10.1 Å². The van der Waals surface area contributed by atoms with E-state index in [2.05, 4.69) is 9.97 Å². The van der Waals surface area contributed by atoms with Gasteiger partial charge in [0.15, 0.2) is 0 Å². The normalized spacial score (nSPS) is 11.8. The molecular weight excluding hydrogens is 346 g/mol. The standard InChI is InChI=1S/C20H13N3O4/c24-19(14-6-5-12-3-1-2-4-13(12)9-14)11-18-20(25)22-17-10-15(23(26)27)7-8-16(17)21-18/h1-11,24H,(H,22,25)/b19-11-. The van der Waals surface area contributed by atoms with Crippen molar-refractivity contribution in [1.29, 1.82) is 0 Å². The predicted molar refractivity (Wildman–Crippen MR) is 103 cm³/mol. The number of fused-ring (bicyclic) bond motifs is 2. The highest BCUT2D eigenvalue weighted by atomic mass is 16.6. The minimum Gasteiger partial charge on any atom is -0.507 e. The summed E-state index contributed by atoms with van der Waals surface area (Å²) in [6.07, 6.45) is 1.28. The van der Waals surface area contributed by atoms with E-state index in [0.717, 1.165) is 10.8 Å². The number of aromatic nitrogens is 2. The number of aromatic amines is 1. The molecule has 132 valence electrons. The Balaban J connectivity index is 1.78. The fourth-order valence-electron chi connectivity index (χ4n) is 2.86. The van der Waals surface area contributed by atoms with E-state index < -0.39 is 10.5 Å². The number of H-pyrrole nitrogens is 1. The van der Waals surface area contributed by atoms with Gasteiger partial charge in [-0.3, -0.25) is 14.9 Å². The molecule has 0 aliphatic heterocycles. The van der Waals surface area contributed by atoms with Crippen LogP contribution < -0.4 is 5.56 Å². The molecule has 0 aliphatic carbocycles. The summed E-state index contributed by atoms with van der Waals surface area (Å²) in [4.78, 5) is 29.3. The number of hydrogen-bond donors (Lipinski definition) is 2. The van der Waals surface area contributed by atoms with Gasteiger partial charge in [-0.2, -0.15) is 0 Å². The fraction of sp³-hybridized carbons (Fsp3) is 0. The zero-order chi connectivity index (χ0) is 19.0. The van der Waals surface area contributed by atoms with E-state index in [-0.39, 0.29) is 22.7 Å². The van der Waals surface area contributed by atoms with Crippen molar-refractivity contribution in [1.82, 2.24) is 9.97 Å². The zero-order valence-electron chi connectivity index (χ0n) is 13.9. The van der Waals surface area contributed by atoms with Crippen LogP contribution in [0.5, 0.6) is 0 Å². The van der Waals surface area contributed by atoms with E-state index in [0.29, 0.717) is 11.1 Å². The Labute approximate surface area is 152 Å². The van der Waals surface area contributed by atoms with Crippen molar-refractivity contribution < 1.29 is 10.0 Å². The number of nitrogens with zero attached hydrogens (tertiary/aromatic N) is 2. The Kier molecular flexibility index (Phi) is 3.89. The number of benzene rings is 3. The molecule has 2 N–H and O–H groups in total. The Bertz CT molecular complexity index is 1290. The van der Waals surface area contributed by atoms with Gasteiger partial charge in [-0.15, -0.1) is 0 Å². The molecule has 1 aromatic heterocycles. The number of nitrogens with one attached hydrogen (secondary N) is 1. The highest BCUT2D eigenvalue weighted by molar-refractivity contribution is 5.88. The molecule has 0 atom stereocenters. The van der Waals surface area contributed by atoms with Crippen molar-refractivity contribution in [2.24, 2.45) is 0 Å². The Hall–Kier alpha value is -4.00. The Morgan fingerprint density at radius 1 is 1.07 bits per heavy atom. The van der Waals surface area contributed by atoms with Crippen LogP contribution in [0.2, 0.25) is 0 Å². The fourth-order valence-corrected chi connectivity index (χ4v) is 2.86. The van der Waals surface area contributed by atoms with Crippen molar-refractivity contribution in [3.8, 4) is 0 Å². The average Bonchev–Trinajstić information content (AvgIpc) is 2.67. The molecule has 0 aliphatic rings. The number of hydrogen-bond acceptors (Lipinski definition) is 5. The maximum Gasteiger partial charge on any atom is 0.274 e. The van der Waals surface area contributed by atoms with Crippen LogP contribution in [-0.4, -0.2) is 20.0 Å². The molecule has 0 unspecified atom stereocenters. The first-order valence-electron chi connectivity index (χ1n) is 8.09. The molecule has 27 heavy (non-hydrogen) atoms. The Morgan fingerprint density at radius 2 is 1.85 bits per heavy atom. The molecule has 0 bridgehead atoms. The van der Waals surface area contributed by atoms with Crippen LogP contribution in [0.3, 0.4) is 0 Å². The molecule has 1 heterocycles. The van der Waals surface area contributed by atoms with Crippen LogP contribution in [0.1, 0.15) is 11.3 Å². The molecule has 0 radical (unpaired) electrons. The smallest absolute Gasteiger partial charge is 0.274 e. The van der Waals surface area contributed by atoms with E-state index >= 15 is 0 Å². The largest absolute Gasteiger partial charge is 0.507 e. The zero-order valence-corrected chi connectivity index (χ0v) is 13.9. The molecule has 4 rings (SSSR count). The van der Waals surface area contributed by atoms with Crippen LogP contribution in [0.25, 0.3) is 33.6 Å². The quantitative estimate of drug-likeness (QED) is 0.326. The van der Waals surface area contributed by atoms with Crippen LogP contribution in [0.15, 0.2) is 65.5 Å². The SMILES string of the molecule is O=c1[nH]c2cc([N+](=O)[O-])ccc2nc1/C=C(\O)c1ccc2ccccc2c1. The molecule has 0 saturated heterocycles. The van der Waals surface area contributed by atoms with Gasteiger partial charge in [0.1, 0.15) is 11.5 Å². The molecule has 3 aromatic carbocycles. The van der Waals surface area contributed by atoms with Crippen molar-refractivity contribution >= 4 is 39.3 Å². The van der Waals surface area contributed by atoms with Crippen LogP contribution >= 0.6 is 0 Å². The van der Waals surface area contributed by atoms with E-state index in [1.165, 1.54) is 24.3 Å². The monoisotopic (exact) mass is 359 g/mol. The third-order valence-corrected chi connectivity index (χ3v) is 4.23. The van der Waals surface area contributed by atoms with E-state index in [9.17, 15) is 20.0 Å². The summed E-state index contributed by atoms with van der Waals surface area (Å²) in [5, 5.41) is 23.3. The number of non-ortho nitro benzene ring substituents is 1. The van der Waals surface area contributed by atoms with Gasteiger partial charge >= 0.3 is 0 Å². The second kappa shape index (κ2) is 6.38. The van der Waals surface area contributed by atoms with Gasteiger partial charge in [0, 0.05) is 23.8 Å². The lowest BCUT2D eigenvalue weighted by atomic mass is 10.1. The molecule has 4 aromatic rings. The lowest BCUT2D eigenvalue weighted by Gasteiger charge is -2.04. The lowest BCUT2D eigenvalue weighted by molar-refractivity contribution is -0.384. The summed E-state index contributed by atoms with van der Waals surface area (Å²) < 4.78 is 0. The van der Waals surface area contributed by atoms with E-state index in [4.69, 9.17) is 0 Å². The second-order valence-corrected chi connectivity index (χ2v) is 6.00. The van der Waals surface area contributed by atoms with Gasteiger partial charge in [-0.1, -0.05) is 36.4 Å². The van der Waals surface area contributed by atoms with E-state index in [1.54, 1.807) is 6.07 Å². The van der Waals surface area contributed by atoms with Gasteiger partial charge in [0.05, 0.1) is 16.0 Å². The van der Waals surface area contributed by atoms with Crippen molar-refractivity contribution in [2.75, 3.05) is 0 Å². The van der Waals surface area contributed by atoms with Gasteiger partial charge in [0.2, 0.25) is 0 Å². The Morgan fingerprint density at radius 3 is 2.63 bits per heavy atom. The number of aliphatic hydroxyl groups is 1. The second-order valence-electron chi connectivity index (χ2n) is 6.00. The number of nitro benzene ring substituents is 1. The number of nitro groups is 1. The highest BCUT2D eigenvalue weighted by Crippen LogP contribution is 2.21. The average molecular weight is 359 g/mol. The van der Waals surface area contributed by atoms with Gasteiger partial charge in [-0.05, 0) is 22.9 Å². The summed E-state index contributed by atoms with van der Waals surface area (Å²) in [7, 11) is 0. The molecule has 0 amide bonds. The number of rotatable bonds is 3. The van der Waals surface area contributed by atoms with Crippen molar-refractivity contribution in [2.45, 2.75) is 0 Å². The molecule has 0 fully saturated rings. The summed E-state index contributed by atoms with van der Waals surface area (Å²) in [6, 6.07) is 17.2. The van der Waals surface area contributed by atoms with Crippen molar-refractivity contribution in [3.63, 3.8) is 0 Å². The molecule has 0 saturated carbocycles. The van der Waals surface area contributed by atoms with Crippen LogP contribution in [0.4, 0.5) is 5.69 Å². The molecular formula is C20H13N3O4. The highest BCUT2D eigenvalue weighted by Gasteiger charge is 2.10. The van der Waals surface area contributed by atoms with Crippen LogP contribution in [-0.2, 0) is 0 Å². The van der Waals surface area contributed by atoms with Crippen molar-refractivity contribution in [3.05, 3.63) is 92.4 Å². The van der Waals surface area contributed by atoms with Crippen LogP contribution in [0, 0.1) is 10.1 Å². The maximum absolute atomic E-state index is 12.2.